The van der Waals surface area contributed by atoms with E-state index in [1.807, 2.05) is 12.1 Å². The molecule has 1 aliphatic rings. The Kier molecular flexibility index (Phi) is 2.86. The van der Waals surface area contributed by atoms with E-state index in [1.54, 1.807) is 0 Å². The van der Waals surface area contributed by atoms with E-state index in [0.717, 1.165) is 16.0 Å². The van der Waals surface area contributed by atoms with Crippen molar-refractivity contribution in [2.45, 2.75) is 5.92 Å². The molecule has 3 aromatic rings. The zero-order valence-electron chi connectivity index (χ0n) is 11.3. The minimum atomic E-state index is 0.0965. The molecule has 0 radical (unpaired) electrons. The molecule has 102 valence electrons. The molecule has 21 heavy (non-hydrogen) atoms. The Morgan fingerprint density at radius 3 is 2.52 bits per heavy atom. The Balaban J connectivity index is 2.02. The fourth-order valence-electron chi connectivity index (χ4n) is 3.04. The lowest BCUT2D eigenvalue weighted by Crippen LogP contribution is -2.00. The van der Waals surface area contributed by atoms with E-state index in [0.29, 0.717) is 0 Å². The van der Waals surface area contributed by atoms with E-state index >= 15 is 0 Å². The predicted molar refractivity (Wildman–Crippen MR) is 89.7 cm³/mol. The van der Waals surface area contributed by atoms with Crippen LogP contribution in [-0.2, 0) is 0 Å². The Morgan fingerprint density at radius 2 is 1.71 bits per heavy atom. The highest BCUT2D eigenvalue weighted by Gasteiger charge is 2.31. The highest BCUT2D eigenvalue weighted by Crippen LogP contribution is 2.47. The van der Waals surface area contributed by atoms with Gasteiger partial charge in [0.05, 0.1) is 5.92 Å². The standard InChI is InChI=1S/C19H13BrO/c1-12-18(14-5-3-2-4-6-14)19-16-11-15(20)9-7-13(16)8-10-17(19)21-12/h2-11,18H,1H2/t18-/m1/s1. The first-order valence-electron chi connectivity index (χ1n) is 6.88. The third-order valence-corrected chi connectivity index (χ3v) is 4.46. The number of allylic oxidation sites excluding steroid dienone is 1. The summed E-state index contributed by atoms with van der Waals surface area (Å²) in [6, 6.07) is 20.9. The molecule has 0 aliphatic carbocycles. The number of fused-ring (bicyclic) bond motifs is 3. The molecular formula is C19H13BrO. The number of hydrogen-bond acceptors (Lipinski definition) is 1. The van der Waals surface area contributed by atoms with Gasteiger partial charge in [-0.15, -0.1) is 0 Å². The minimum absolute atomic E-state index is 0.0965. The van der Waals surface area contributed by atoms with E-state index in [2.05, 4.69) is 71.0 Å². The summed E-state index contributed by atoms with van der Waals surface area (Å²) in [5.41, 5.74) is 2.43. The summed E-state index contributed by atoms with van der Waals surface area (Å²) in [4.78, 5) is 0. The summed E-state index contributed by atoms with van der Waals surface area (Å²) in [5, 5.41) is 2.44. The van der Waals surface area contributed by atoms with Gasteiger partial charge in [0, 0.05) is 10.0 Å². The summed E-state index contributed by atoms with van der Waals surface area (Å²) in [7, 11) is 0. The van der Waals surface area contributed by atoms with Gasteiger partial charge in [0.15, 0.2) is 0 Å². The van der Waals surface area contributed by atoms with E-state index in [-0.39, 0.29) is 5.92 Å². The fraction of sp³-hybridized carbons (Fsp3) is 0.0526. The van der Waals surface area contributed by atoms with Gasteiger partial charge in [0.2, 0.25) is 0 Å². The third-order valence-electron chi connectivity index (χ3n) is 3.97. The third kappa shape index (κ3) is 1.98. The van der Waals surface area contributed by atoms with Crippen molar-refractivity contribution in [3.05, 3.63) is 88.6 Å². The van der Waals surface area contributed by atoms with Gasteiger partial charge in [-0.05, 0) is 34.5 Å². The van der Waals surface area contributed by atoms with E-state index < -0.39 is 0 Å². The van der Waals surface area contributed by atoms with Gasteiger partial charge in [-0.3, -0.25) is 0 Å². The van der Waals surface area contributed by atoms with Gasteiger partial charge < -0.3 is 4.74 Å². The average Bonchev–Trinajstić information content (AvgIpc) is 2.84. The van der Waals surface area contributed by atoms with Crippen LogP contribution in [0.15, 0.2) is 77.5 Å². The summed E-state index contributed by atoms with van der Waals surface area (Å²) in [6.07, 6.45) is 0. The van der Waals surface area contributed by atoms with Gasteiger partial charge in [0.25, 0.3) is 0 Å². The number of rotatable bonds is 1. The lowest BCUT2D eigenvalue weighted by atomic mass is 9.88. The zero-order valence-corrected chi connectivity index (χ0v) is 12.9. The number of hydrogen-bond donors (Lipinski definition) is 0. The summed E-state index contributed by atoms with van der Waals surface area (Å²) >= 11 is 3.57. The summed E-state index contributed by atoms with van der Waals surface area (Å²) in [5.74, 6) is 1.81. The maximum absolute atomic E-state index is 5.91. The maximum Gasteiger partial charge on any atom is 0.131 e. The van der Waals surface area contributed by atoms with E-state index in [9.17, 15) is 0 Å². The van der Waals surface area contributed by atoms with Crippen LogP contribution in [-0.4, -0.2) is 0 Å². The molecule has 0 saturated carbocycles. The first-order valence-corrected chi connectivity index (χ1v) is 7.67. The van der Waals surface area contributed by atoms with E-state index in [4.69, 9.17) is 4.74 Å². The SMILES string of the molecule is C=C1Oc2ccc3ccc(Br)cc3c2[C@H]1c1ccccc1. The average molecular weight is 337 g/mol. The van der Waals surface area contributed by atoms with Crippen LogP contribution in [0.5, 0.6) is 5.75 Å². The molecule has 0 fully saturated rings. The smallest absolute Gasteiger partial charge is 0.131 e. The van der Waals surface area contributed by atoms with Crippen molar-refractivity contribution in [2.24, 2.45) is 0 Å². The largest absolute Gasteiger partial charge is 0.461 e. The second kappa shape index (κ2) is 4.74. The zero-order chi connectivity index (χ0) is 14.4. The van der Waals surface area contributed by atoms with Crippen molar-refractivity contribution in [3.8, 4) is 5.75 Å². The van der Waals surface area contributed by atoms with Gasteiger partial charge in [-0.1, -0.05) is 65.0 Å². The van der Waals surface area contributed by atoms with Crippen LogP contribution in [0.4, 0.5) is 0 Å². The lowest BCUT2D eigenvalue weighted by molar-refractivity contribution is 0.439. The second-order valence-electron chi connectivity index (χ2n) is 5.25. The monoisotopic (exact) mass is 336 g/mol. The van der Waals surface area contributed by atoms with Crippen LogP contribution >= 0.6 is 15.9 Å². The van der Waals surface area contributed by atoms with Crippen LogP contribution in [0.1, 0.15) is 17.0 Å². The molecule has 1 atom stereocenters. The van der Waals surface area contributed by atoms with Crippen molar-refractivity contribution in [1.29, 1.82) is 0 Å². The first kappa shape index (κ1) is 12.7. The van der Waals surface area contributed by atoms with Gasteiger partial charge in [0.1, 0.15) is 11.5 Å². The molecule has 1 nitrogen and oxygen atoms in total. The van der Waals surface area contributed by atoms with Crippen LogP contribution in [0.3, 0.4) is 0 Å². The molecule has 0 saturated heterocycles. The molecule has 1 heterocycles. The minimum Gasteiger partial charge on any atom is -0.461 e. The first-order chi connectivity index (χ1) is 10.2. The van der Waals surface area contributed by atoms with Gasteiger partial charge in [-0.25, -0.2) is 0 Å². The Bertz CT molecular complexity index is 852. The molecular weight excluding hydrogens is 324 g/mol. The fourth-order valence-corrected chi connectivity index (χ4v) is 3.40. The summed E-state index contributed by atoms with van der Waals surface area (Å²) < 4.78 is 6.99. The van der Waals surface area contributed by atoms with Crippen LogP contribution in [0.25, 0.3) is 10.8 Å². The Labute approximate surface area is 132 Å². The summed E-state index contributed by atoms with van der Waals surface area (Å²) in [6.45, 7) is 4.12. The lowest BCUT2D eigenvalue weighted by Gasteiger charge is -2.12. The number of ether oxygens (including phenoxy) is 1. The molecule has 2 heteroatoms. The highest BCUT2D eigenvalue weighted by molar-refractivity contribution is 9.10. The van der Waals surface area contributed by atoms with Crippen molar-refractivity contribution in [1.82, 2.24) is 0 Å². The normalized spacial score (nSPS) is 16.8. The quantitative estimate of drug-likeness (QED) is 0.558. The van der Waals surface area contributed by atoms with Crippen molar-refractivity contribution < 1.29 is 4.74 Å². The van der Waals surface area contributed by atoms with Gasteiger partial charge in [-0.2, -0.15) is 0 Å². The number of benzene rings is 3. The molecule has 0 unspecified atom stereocenters. The van der Waals surface area contributed by atoms with E-state index in [1.165, 1.54) is 21.9 Å². The second-order valence-corrected chi connectivity index (χ2v) is 6.17. The molecule has 0 aromatic heterocycles. The van der Waals surface area contributed by atoms with Crippen molar-refractivity contribution in [2.75, 3.05) is 0 Å². The molecule has 3 aromatic carbocycles. The molecule has 0 bridgehead atoms. The molecule has 0 amide bonds. The van der Waals surface area contributed by atoms with Crippen molar-refractivity contribution in [3.63, 3.8) is 0 Å². The predicted octanol–water partition coefficient (Wildman–Crippen LogP) is 5.64. The van der Waals surface area contributed by atoms with Gasteiger partial charge >= 0.3 is 0 Å². The Morgan fingerprint density at radius 1 is 0.952 bits per heavy atom. The number of halogens is 1. The van der Waals surface area contributed by atoms with Crippen LogP contribution in [0, 0.1) is 0 Å². The topological polar surface area (TPSA) is 9.23 Å². The highest BCUT2D eigenvalue weighted by atomic mass is 79.9. The van der Waals surface area contributed by atoms with Crippen molar-refractivity contribution >= 4 is 26.7 Å². The van der Waals surface area contributed by atoms with Crippen LogP contribution in [0.2, 0.25) is 0 Å². The molecule has 4 rings (SSSR count). The van der Waals surface area contributed by atoms with Crippen LogP contribution < -0.4 is 4.74 Å². The molecule has 0 spiro atoms. The Hall–Kier alpha value is -2.06. The molecule has 1 aliphatic heterocycles. The maximum atomic E-state index is 5.91. The molecule has 0 N–H and O–H groups in total.